The highest BCUT2D eigenvalue weighted by atomic mass is 32.2. The van der Waals surface area contributed by atoms with Crippen LogP contribution in [0, 0.1) is 17.8 Å². The number of hydrogen-bond donors (Lipinski definition) is 5. The molecule has 0 fully saturated rings. The highest BCUT2D eigenvalue weighted by molar-refractivity contribution is 7.90. The second-order valence-electron chi connectivity index (χ2n) is 12.7. The molecule has 1 aromatic heterocycles. The van der Waals surface area contributed by atoms with Crippen LogP contribution in [0.25, 0.3) is 0 Å². The summed E-state index contributed by atoms with van der Waals surface area (Å²) < 4.78 is 33.8. The molecule has 0 bridgehead atoms. The third-order valence-corrected chi connectivity index (χ3v) is 8.43. The van der Waals surface area contributed by atoms with Crippen molar-refractivity contribution in [1.82, 2.24) is 21.3 Å². The molecule has 2 rings (SSSR count). The van der Waals surface area contributed by atoms with Crippen molar-refractivity contribution in [2.75, 3.05) is 12.0 Å². The number of furan rings is 1. The Labute approximate surface area is 277 Å². The van der Waals surface area contributed by atoms with E-state index in [0.29, 0.717) is 18.5 Å². The Morgan fingerprint density at radius 1 is 0.872 bits per heavy atom. The first-order valence-electron chi connectivity index (χ1n) is 15.8. The van der Waals surface area contributed by atoms with Gasteiger partial charge in [-0.3, -0.25) is 14.4 Å². The lowest BCUT2D eigenvalue weighted by Crippen LogP contribution is -2.54. The summed E-state index contributed by atoms with van der Waals surface area (Å²) in [4.78, 5) is 52.0. The largest absolute Gasteiger partial charge is 0.472 e. The summed E-state index contributed by atoms with van der Waals surface area (Å²) in [6.07, 6.45) is 1.80. The molecule has 5 N–H and O–H groups in total. The number of aliphatic hydroxyl groups excluding tert-OH is 1. The van der Waals surface area contributed by atoms with Gasteiger partial charge in [-0.25, -0.2) is 13.2 Å². The lowest BCUT2D eigenvalue weighted by Gasteiger charge is -2.30. The van der Waals surface area contributed by atoms with E-state index in [9.17, 15) is 32.7 Å². The van der Waals surface area contributed by atoms with Gasteiger partial charge in [-0.05, 0) is 42.7 Å². The second kappa shape index (κ2) is 19.0. The van der Waals surface area contributed by atoms with E-state index in [4.69, 9.17) is 9.15 Å². The van der Waals surface area contributed by atoms with Gasteiger partial charge >= 0.3 is 6.09 Å². The van der Waals surface area contributed by atoms with Gasteiger partial charge in [-0.2, -0.15) is 0 Å². The van der Waals surface area contributed by atoms with Crippen LogP contribution in [0.3, 0.4) is 0 Å². The molecule has 0 radical (unpaired) electrons. The monoisotopic (exact) mass is 678 g/mol. The maximum Gasteiger partial charge on any atom is 0.408 e. The lowest BCUT2D eigenvalue weighted by molar-refractivity contribution is -0.132. The van der Waals surface area contributed by atoms with E-state index in [2.05, 4.69) is 21.3 Å². The maximum atomic E-state index is 13.4. The molecule has 0 unspecified atom stereocenters. The first kappa shape index (κ1) is 39.3. The molecule has 5 atom stereocenters. The zero-order valence-electron chi connectivity index (χ0n) is 28.0. The van der Waals surface area contributed by atoms with Crippen molar-refractivity contribution in [1.29, 1.82) is 0 Å². The average Bonchev–Trinajstić information content (AvgIpc) is 3.52. The number of carbonyl (C=O) groups excluding carboxylic acids is 4. The van der Waals surface area contributed by atoms with Gasteiger partial charge < -0.3 is 35.5 Å². The standard InChI is InChI=1S/C33H50N4O9S/c1-21(2)16-27(35-31(40)26(13-15-47(6,43)44)36-33(42)46-20-25-12-14-45-19-25)28(38)17-23(5)30(39)37-29(22(3)4)32(41)34-18-24-10-8-7-9-11-24/h7-12,14,19,21-23,26-29,38H,13,15-18,20H2,1-6H3,(H,34,41)(H,35,40)(H,36,42)(H,37,39)/t23-,26+,27+,28+,29+/m1/s1. The van der Waals surface area contributed by atoms with Crippen LogP contribution in [0.4, 0.5) is 4.79 Å². The zero-order chi connectivity index (χ0) is 35.1. The predicted molar refractivity (Wildman–Crippen MR) is 176 cm³/mol. The fourth-order valence-electron chi connectivity index (χ4n) is 4.77. The Morgan fingerprint density at radius 2 is 1.55 bits per heavy atom. The average molecular weight is 679 g/mol. The summed E-state index contributed by atoms with van der Waals surface area (Å²) in [5.41, 5.74) is 1.51. The van der Waals surface area contributed by atoms with Gasteiger partial charge in [0.15, 0.2) is 0 Å². The van der Waals surface area contributed by atoms with Gasteiger partial charge in [-0.1, -0.05) is 65.0 Å². The van der Waals surface area contributed by atoms with Crippen LogP contribution >= 0.6 is 0 Å². The number of aliphatic hydroxyl groups is 1. The SMILES string of the molecule is CC(C)C[C@H](NC(=O)[C@H](CCS(C)(=O)=O)NC(=O)OCc1ccoc1)[C@@H](O)C[C@@H](C)C(=O)N[C@H](C(=O)NCc1ccccc1)C(C)C. The molecule has 4 amide bonds. The minimum atomic E-state index is -3.47. The minimum absolute atomic E-state index is 0.0278. The van der Waals surface area contributed by atoms with Crippen LogP contribution in [0.2, 0.25) is 0 Å². The smallest absolute Gasteiger partial charge is 0.408 e. The molecule has 1 aromatic carbocycles. The van der Waals surface area contributed by atoms with Crippen LogP contribution in [-0.2, 0) is 42.1 Å². The van der Waals surface area contributed by atoms with Gasteiger partial charge in [0.05, 0.1) is 30.4 Å². The van der Waals surface area contributed by atoms with Crippen LogP contribution in [-0.4, -0.2) is 73.6 Å². The lowest BCUT2D eigenvalue weighted by atomic mass is 9.91. The van der Waals surface area contributed by atoms with E-state index >= 15 is 0 Å². The highest BCUT2D eigenvalue weighted by Crippen LogP contribution is 2.17. The van der Waals surface area contributed by atoms with E-state index < -0.39 is 57.9 Å². The molecule has 13 nitrogen and oxygen atoms in total. The molecule has 262 valence electrons. The van der Waals surface area contributed by atoms with Crippen LogP contribution < -0.4 is 21.3 Å². The number of amides is 4. The Morgan fingerprint density at radius 3 is 2.13 bits per heavy atom. The van der Waals surface area contributed by atoms with Crippen molar-refractivity contribution in [2.45, 2.75) is 91.3 Å². The first-order valence-corrected chi connectivity index (χ1v) is 17.8. The van der Waals surface area contributed by atoms with Crippen LogP contribution in [0.15, 0.2) is 53.3 Å². The molecular formula is C33H50N4O9S. The number of carbonyl (C=O) groups is 4. The van der Waals surface area contributed by atoms with Crippen LogP contribution in [0.5, 0.6) is 0 Å². The molecule has 0 aliphatic rings. The second-order valence-corrected chi connectivity index (χ2v) is 15.0. The van der Waals surface area contributed by atoms with E-state index in [1.807, 2.05) is 58.0 Å². The van der Waals surface area contributed by atoms with Crippen molar-refractivity contribution in [2.24, 2.45) is 17.8 Å². The van der Waals surface area contributed by atoms with Crippen molar-refractivity contribution < 1.29 is 41.9 Å². The molecule has 0 spiro atoms. The highest BCUT2D eigenvalue weighted by Gasteiger charge is 2.32. The van der Waals surface area contributed by atoms with Gasteiger partial charge in [0, 0.05) is 24.3 Å². The van der Waals surface area contributed by atoms with E-state index in [0.717, 1.165) is 11.8 Å². The van der Waals surface area contributed by atoms with Crippen molar-refractivity contribution in [3.63, 3.8) is 0 Å². The number of sulfone groups is 1. The first-order chi connectivity index (χ1) is 22.1. The molecule has 47 heavy (non-hydrogen) atoms. The third kappa shape index (κ3) is 15.0. The molecule has 2 aromatic rings. The number of ether oxygens (including phenoxy) is 1. The minimum Gasteiger partial charge on any atom is -0.472 e. The summed E-state index contributed by atoms with van der Waals surface area (Å²) in [5.74, 6) is -2.74. The topological polar surface area (TPSA) is 193 Å². The van der Waals surface area contributed by atoms with Gasteiger partial charge in [0.25, 0.3) is 0 Å². The summed E-state index contributed by atoms with van der Waals surface area (Å²) in [7, 11) is -3.47. The summed E-state index contributed by atoms with van der Waals surface area (Å²) >= 11 is 0. The normalized spacial score (nSPS) is 14.8. The predicted octanol–water partition coefficient (Wildman–Crippen LogP) is 2.68. The number of alkyl carbamates (subject to hydrolysis) is 1. The summed E-state index contributed by atoms with van der Waals surface area (Å²) in [6.45, 7) is 9.25. The maximum absolute atomic E-state index is 13.4. The number of hydrogen-bond acceptors (Lipinski definition) is 9. The van der Waals surface area contributed by atoms with E-state index in [1.54, 1.807) is 13.0 Å². The fraction of sp³-hybridized carbons (Fsp3) is 0.576. The Kier molecular flexibility index (Phi) is 15.9. The van der Waals surface area contributed by atoms with Crippen LogP contribution in [0.1, 0.15) is 65.0 Å². The molecule has 0 aliphatic carbocycles. The van der Waals surface area contributed by atoms with Gasteiger partial charge in [0.2, 0.25) is 17.7 Å². The van der Waals surface area contributed by atoms with Crippen molar-refractivity contribution in [3.8, 4) is 0 Å². The van der Waals surface area contributed by atoms with E-state index in [-0.39, 0.29) is 42.9 Å². The van der Waals surface area contributed by atoms with Gasteiger partial charge in [-0.15, -0.1) is 0 Å². The summed E-state index contributed by atoms with van der Waals surface area (Å²) in [6, 6.07) is 8.10. The molecule has 0 saturated carbocycles. The fourth-order valence-corrected chi connectivity index (χ4v) is 5.43. The zero-order valence-corrected chi connectivity index (χ0v) is 28.8. The molecule has 14 heteroatoms. The Bertz CT molecular complexity index is 1380. The molecule has 0 saturated heterocycles. The number of benzene rings is 1. The number of nitrogens with one attached hydrogen (secondary N) is 4. The molecular weight excluding hydrogens is 628 g/mol. The quantitative estimate of drug-likeness (QED) is 0.149. The van der Waals surface area contributed by atoms with Gasteiger partial charge in [0.1, 0.15) is 28.5 Å². The third-order valence-electron chi connectivity index (χ3n) is 7.45. The van der Waals surface area contributed by atoms with Crippen molar-refractivity contribution in [3.05, 3.63) is 60.1 Å². The molecule has 0 aliphatic heterocycles. The van der Waals surface area contributed by atoms with Crippen molar-refractivity contribution >= 4 is 33.7 Å². The summed E-state index contributed by atoms with van der Waals surface area (Å²) in [5, 5.41) is 22.0. The Balaban J connectivity index is 2.06. The Hall–Kier alpha value is -3.91. The number of rotatable bonds is 19. The van der Waals surface area contributed by atoms with E-state index in [1.165, 1.54) is 12.5 Å². The molecule has 1 heterocycles.